The molecule has 0 radical (unpaired) electrons. The summed E-state index contributed by atoms with van der Waals surface area (Å²) >= 11 is 0. The van der Waals surface area contributed by atoms with Crippen LogP contribution in [0.1, 0.15) is 32.1 Å². The first-order valence-corrected chi connectivity index (χ1v) is 12.1. The van der Waals surface area contributed by atoms with E-state index >= 15 is 0 Å². The number of carbonyl (C=O) groups excluding carboxylic acids is 1. The van der Waals surface area contributed by atoms with Crippen LogP contribution in [0.2, 0.25) is 0 Å². The van der Waals surface area contributed by atoms with Gasteiger partial charge < -0.3 is 10.2 Å². The number of nitro groups is 1. The van der Waals surface area contributed by atoms with Crippen LogP contribution in [-0.2, 0) is 14.8 Å². The van der Waals surface area contributed by atoms with E-state index in [1.54, 1.807) is 0 Å². The zero-order chi connectivity index (χ0) is 23.1. The SMILES string of the molecule is CN1C=CC=C(CCCNC(=O)[C@@H]2CCCCN2NS(=O)(=O)c2ccc([N+](=O)[O-])cc2)C1. The number of sulfonamides is 1. The van der Waals surface area contributed by atoms with E-state index in [1.807, 2.05) is 19.3 Å². The van der Waals surface area contributed by atoms with E-state index in [-0.39, 0.29) is 16.5 Å². The third-order valence-electron chi connectivity index (χ3n) is 5.50. The van der Waals surface area contributed by atoms with Gasteiger partial charge in [-0.05, 0) is 56.5 Å². The van der Waals surface area contributed by atoms with Crippen molar-refractivity contribution in [2.45, 2.75) is 43.0 Å². The van der Waals surface area contributed by atoms with Gasteiger partial charge in [-0.25, -0.2) is 13.4 Å². The normalized spacial score (nSPS) is 19.5. The molecule has 2 heterocycles. The molecule has 3 rings (SSSR count). The molecule has 2 aliphatic rings. The molecular formula is C21H29N5O5S. The van der Waals surface area contributed by atoms with Gasteiger partial charge in [0.15, 0.2) is 0 Å². The Kier molecular flexibility index (Phi) is 7.99. The van der Waals surface area contributed by atoms with Gasteiger partial charge >= 0.3 is 0 Å². The highest BCUT2D eigenvalue weighted by Crippen LogP contribution is 2.20. The molecule has 1 atom stereocenters. The van der Waals surface area contributed by atoms with E-state index < -0.39 is 21.0 Å². The predicted octanol–water partition coefficient (Wildman–Crippen LogP) is 1.92. The number of nitrogens with one attached hydrogen (secondary N) is 2. The maximum Gasteiger partial charge on any atom is 0.269 e. The molecule has 2 N–H and O–H groups in total. The number of hydrogen-bond acceptors (Lipinski definition) is 7. The van der Waals surface area contributed by atoms with Gasteiger partial charge in [0.05, 0.1) is 9.82 Å². The van der Waals surface area contributed by atoms with Crippen LogP contribution in [0.4, 0.5) is 5.69 Å². The topological polar surface area (TPSA) is 125 Å². The van der Waals surface area contributed by atoms with Crippen LogP contribution in [0.25, 0.3) is 0 Å². The van der Waals surface area contributed by atoms with Crippen molar-refractivity contribution in [2.24, 2.45) is 0 Å². The summed E-state index contributed by atoms with van der Waals surface area (Å²) < 4.78 is 25.5. The molecule has 1 aromatic rings. The number of piperidine rings is 1. The van der Waals surface area contributed by atoms with Gasteiger partial charge in [-0.15, -0.1) is 4.83 Å². The van der Waals surface area contributed by atoms with E-state index in [2.05, 4.69) is 21.1 Å². The standard InChI is InChI=1S/C21H29N5O5S/c1-24-14-5-7-17(16-24)6-4-13-22-21(27)20-8-2-3-15-25(20)23-32(30,31)19-11-9-18(10-12-19)26(28)29/h5,7,9-12,14,20,23H,2-4,6,8,13,15-16H2,1H3,(H,22,27)/t20-/m0/s1. The smallest absolute Gasteiger partial charge is 0.269 e. The Morgan fingerprint density at radius 2 is 2.00 bits per heavy atom. The molecule has 0 unspecified atom stereocenters. The van der Waals surface area contributed by atoms with Gasteiger partial charge in [-0.2, -0.15) is 0 Å². The van der Waals surface area contributed by atoms with Crippen molar-refractivity contribution in [1.29, 1.82) is 0 Å². The second-order valence-electron chi connectivity index (χ2n) is 8.03. The van der Waals surface area contributed by atoms with Crippen molar-refractivity contribution < 1.29 is 18.1 Å². The molecule has 32 heavy (non-hydrogen) atoms. The first kappa shape index (κ1) is 23.9. The van der Waals surface area contributed by atoms with E-state index in [0.717, 1.165) is 44.4 Å². The average Bonchev–Trinajstić information content (AvgIpc) is 2.77. The Hall–Kier alpha value is -2.76. The van der Waals surface area contributed by atoms with Crippen molar-refractivity contribution in [2.75, 3.05) is 26.7 Å². The van der Waals surface area contributed by atoms with Crippen molar-refractivity contribution in [3.8, 4) is 0 Å². The van der Waals surface area contributed by atoms with Crippen LogP contribution in [0.15, 0.2) is 53.1 Å². The van der Waals surface area contributed by atoms with Crippen molar-refractivity contribution in [3.05, 3.63) is 58.3 Å². The monoisotopic (exact) mass is 463 g/mol. The minimum Gasteiger partial charge on any atom is -0.376 e. The van der Waals surface area contributed by atoms with Crippen LogP contribution >= 0.6 is 0 Å². The van der Waals surface area contributed by atoms with Gasteiger partial charge in [0.1, 0.15) is 6.04 Å². The molecule has 1 amide bonds. The quantitative estimate of drug-likeness (QED) is 0.326. The van der Waals surface area contributed by atoms with Gasteiger partial charge in [0.25, 0.3) is 15.7 Å². The number of nitro benzene ring substituents is 1. The molecule has 0 saturated carbocycles. The first-order chi connectivity index (χ1) is 15.3. The average molecular weight is 464 g/mol. The van der Waals surface area contributed by atoms with Gasteiger partial charge in [-0.3, -0.25) is 14.9 Å². The summed E-state index contributed by atoms with van der Waals surface area (Å²) in [7, 11) is -1.94. The Labute approximate surface area is 188 Å². The van der Waals surface area contributed by atoms with Crippen molar-refractivity contribution in [1.82, 2.24) is 20.1 Å². The minimum absolute atomic E-state index is 0.0902. The summed E-state index contributed by atoms with van der Waals surface area (Å²) in [5.74, 6) is -0.203. The molecule has 1 aromatic carbocycles. The van der Waals surface area contributed by atoms with E-state index in [1.165, 1.54) is 22.7 Å². The largest absolute Gasteiger partial charge is 0.376 e. The minimum atomic E-state index is -3.96. The van der Waals surface area contributed by atoms with Crippen molar-refractivity contribution in [3.63, 3.8) is 0 Å². The zero-order valence-corrected chi connectivity index (χ0v) is 18.9. The number of amides is 1. The summed E-state index contributed by atoms with van der Waals surface area (Å²) in [6.45, 7) is 1.81. The van der Waals surface area contributed by atoms with Crippen LogP contribution in [0.3, 0.4) is 0 Å². The molecule has 0 aliphatic carbocycles. The molecule has 174 valence electrons. The number of carbonyl (C=O) groups is 1. The molecule has 0 spiro atoms. The summed E-state index contributed by atoms with van der Waals surface area (Å²) in [5, 5.41) is 15.2. The van der Waals surface area contributed by atoms with Gasteiger partial charge in [-0.1, -0.05) is 11.6 Å². The highest BCUT2D eigenvalue weighted by molar-refractivity contribution is 7.89. The Morgan fingerprint density at radius 3 is 2.69 bits per heavy atom. The second-order valence-corrected chi connectivity index (χ2v) is 9.69. The number of non-ortho nitro benzene ring substituents is 1. The lowest BCUT2D eigenvalue weighted by molar-refractivity contribution is -0.384. The molecule has 0 aromatic heterocycles. The van der Waals surface area contributed by atoms with Gasteiger partial charge in [0.2, 0.25) is 5.91 Å². The third-order valence-corrected chi connectivity index (χ3v) is 6.87. The van der Waals surface area contributed by atoms with Crippen LogP contribution in [-0.4, -0.2) is 61.9 Å². The molecule has 0 bridgehead atoms. The fourth-order valence-corrected chi connectivity index (χ4v) is 4.95. The third kappa shape index (κ3) is 6.38. The highest BCUT2D eigenvalue weighted by atomic mass is 32.2. The Morgan fingerprint density at radius 1 is 1.25 bits per heavy atom. The molecule has 11 heteroatoms. The second kappa shape index (κ2) is 10.7. The number of hydrazine groups is 1. The molecular weight excluding hydrogens is 434 g/mol. The molecule has 2 aliphatic heterocycles. The number of nitrogens with zero attached hydrogens (tertiary/aromatic N) is 3. The van der Waals surface area contributed by atoms with E-state index in [4.69, 9.17) is 0 Å². The fraction of sp³-hybridized carbons (Fsp3) is 0.476. The number of likely N-dealkylation sites (N-methyl/N-ethyl adjacent to an activating group) is 1. The lowest BCUT2D eigenvalue weighted by Crippen LogP contribution is -2.56. The summed E-state index contributed by atoms with van der Waals surface area (Å²) in [5.41, 5.74) is 1.12. The first-order valence-electron chi connectivity index (χ1n) is 10.6. The number of allylic oxidation sites excluding steroid dienone is 2. The molecule has 1 saturated heterocycles. The number of benzene rings is 1. The lowest BCUT2D eigenvalue weighted by atomic mass is 10.0. The van der Waals surface area contributed by atoms with E-state index in [0.29, 0.717) is 19.5 Å². The van der Waals surface area contributed by atoms with E-state index in [9.17, 15) is 23.3 Å². The Balaban J connectivity index is 1.55. The van der Waals surface area contributed by atoms with Crippen LogP contribution in [0, 0.1) is 10.1 Å². The molecule has 10 nitrogen and oxygen atoms in total. The zero-order valence-electron chi connectivity index (χ0n) is 18.1. The predicted molar refractivity (Wildman–Crippen MR) is 120 cm³/mol. The highest BCUT2D eigenvalue weighted by Gasteiger charge is 2.32. The molecule has 1 fully saturated rings. The van der Waals surface area contributed by atoms with Crippen LogP contribution < -0.4 is 10.1 Å². The van der Waals surface area contributed by atoms with Gasteiger partial charge in [0, 0.05) is 38.8 Å². The Bertz CT molecular complexity index is 990. The maximum atomic E-state index is 12.8. The summed E-state index contributed by atoms with van der Waals surface area (Å²) in [6, 6.07) is 4.06. The van der Waals surface area contributed by atoms with Crippen LogP contribution in [0.5, 0.6) is 0 Å². The fourth-order valence-electron chi connectivity index (χ4n) is 3.83. The summed E-state index contributed by atoms with van der Waals surface area (Å²) in [6.07, 6.45) is 9.96. The number of hydrogen-bond donors (Lipinski definition) is 2. The van der Waals surface area contributed by atoms with Crippen molar-refractivity contribution >= 4 is 21.6 Å². The summed E-state index contributed by atoms with van der Waals surface area (Å²) in [4.78, 5) is 27.5. The number of rotatable bonds is 9. The lowest BCUT2D eigenvalue weighted by Gasteiger charge is -2.34. The maximum absolute atomic E-state index is 12.8.